The average Bonchev–Trinajstić information content (AvgIpc) is 3.17. The highest BCUT2D eigenvalue weighted by atomic mass is 32.1. The number of nitrogens with one attached hydrogen (secondary N) is 2. The molecule has 0 spiro atoms. The summed E-state index contributed by atoms with van der Waals surface area (Å²) in [5.74, 6) is -1.21. The number of carbonyl (C=O) groups is 2. The van der Waals surface area contributed by atoms with Gasteiger partial charge in [0.05, 0.1) is 13.3 Å². The van der Waals surface area contributed by atoms with Crippen LogP contribution in [0.5, 0.6) is 5.75 Å². The first-order chi connectivity index (χ1) is 13.2. The van der Waals surface area contributed by atoms with Crippen LogP contribution >= 0.6 is 11.3 Å². The molecule has 3 rings (SSSR count). The maximum Gasteiger partial charge on any atom is 0.329 e. The lowest BCUT2D eigenvalue weighted by molar-refractivity contribution is -0.136. The minimum atomic E-state index is -0.919. The summed E-state index contributed by atoms with van der Waals surface area (Å²) in [7, 11) is 1.53. The summed E-state index contributed by atoms with van der Waals surface area (Å²) >= 11 is 1.17. The van der Waals surface area contributed by atoms with E-state index >= 15 is 0 Å². The van der Waals surface area contributed by atoms with Gasteiger partial charge < -0.3 is 4.74 Å². The number of benzene rings is 2. The molecule has 136 valence electrons. The Morgan fingerprint density at radius 3 is 2.56 bits per heavy atom. The maximum absolute atomic E-state index is 11.9. The zero-order valence-corrected chi connectivity index (χ0v) is 15.1. The predicted octanol–water partition coefficient (Wildman–Crippen LogP) is 2.30. The van der Waals surface area contributed by atoms with E-state index < -0.39 is 11.8 Å². The van der Waals surface area contributed by atoms with Crippen LogP contribution in [0.15, 0.2) is 59.7 Å². The van der Waals surface area contributed by atoms with E-state index in [-0.39, 0.29) is 5.13 Å². The number of amides is 2. The van der Waals surface area contributed by atoms with Gasteiger partial charge in [-0.25, -0.2) is 5.43 Å². The van der Waals surface area contributed by atoms with E-state index in [1.54, 1.807) is 18.2 Å². The van der Waals surface area contributed by atoms with Crippen molar-refractivity contribution in [1.82, 2.24) is 15.6 Å². The molecule has 2 N–H and O–H groups in total. The molecule has 9 heteroatoms. The summed E-state index contributed by atoms with van der Waals surface area (Å²) in [4.78, 5) is 23.8. The van der Waals surface area contributed by atoms with Crippen molar-refractivity contribution in [2.24, 2.45) is 5.10 Å². The van der Waals surface area contributed by atoms with Gasteiger partial charge in [0.2, 0.25) is 5.13 Å². The van der Waals surface area contributed by atoms with E-state index in [1.807, 2.05) is 36.4 Å². The second-order valence-electron chi connectivity index (χ2n) is 5.17. The molecule has 27 heavy (non-hydrogen) atoms. The molecule has 8 nitrogen and oxygen atoms in total. The molecule has 0 aliphatic carbocycles. The Balaban J connectivity index is 1.57. The fourth-order valence-corrected chi connectivity index (χ4v) is 2.85. The molecule has 0 saturated heterocycles. The van der Waals surface area contributed by atoms with Gasteiger partial charge in [0.15, 0.2) is 0 Å². The smallest absolute Gasteiger partial charge is 0.329 e. The molecule has 0 radical (unpaired) electrons. The van der Waals surface area contributed by atoms with E-state index in [0.29, 0.717) is 16.3 Å². The number of para-hydroxylation sites is 1. The summed E-state index contributed by atoms with van der Waals surface area (Å²) in [5.41, 5.74) is 3.70. The van der Waals surface area contributed by atoms with Crippen LogP contribution in [0.1, 0.15) is 5.56 Å². The van der Waals surface area contributed by atoms with Crippen molar-refractivity contribution in [2.75, 3.05) is 12.4 Å². The van der Waals surface area contributed by atoms with Crippen LogP contribution in [0, 0.1) is 0 Å². The molecule has 3 aromatic rings. The van der Waals surface area contributed by atoms with Crippen molar-refractivity contribution in [2.45, 2.75) is 0 Å². The lowest BCUT2D eigenvalue weighted by Crippen LogP contribution is -2.32. The zero-order valence-electron chi connectivity index (χ0n) is 14.2. The van der Waals surface area contributed by atoms with E-state index in [2.05, 4.69) is 26.0 Å². The van der Waals surface area contributed by atoms with Gasteiger partial charge >= 0.3 is 11.8 Å². The Bertz CT molecular complexity index is 972. The third kappa shape index (κ3) is 4.73. The van der Waals surface area contributed by atoms with Crippen LogP contribution in [0.2, 0.25) is 0 Å². The number of methoxy groups -OCH3 is 1. The Labute approximate surface area is 158 Å². The maximum atomic E-state index is 11.9. The highest BCUT2D eigenvalue weighted by molar-refractivity contribution is 7.18. The fraction of sp³-hybridized carbons (Fsp3) is 0.0556. The molecule has 0 fully saturated rings. The van der Waals surface area contributed by atoms with Crippen LogP contribution in [-0.2, 0) is 9.59 Å². The third-order valence-electron chi connectivity index (χ3n) is 3.38. The van der Waals surface area contributed by atoms with Crippen LogP contribution in [-0.4, -0.2) is 35.3 Å². The van der Waals surface area contributed by atoms with Gasteiger partial charge in [0.1, 0.15) is 10.8 Å². The first kappa shape index (κ1) is 18.2. The number of aromatic nitrogens is 2. The molecule has 1 aromatic heterocycles. The molecular weight excluding hydrogens is 366 g/mol. The van der Waals surface area contributed by atoms with Gasteiger partial charge in [0.25, 0.3) is 0 Å². The quantitative estimate of drug-likeness (QED) is 0.401. The first-order valence-electron chi connectivity index (χ1n) is 7.83. The predicted molar refractivity (Wildman–Crippen MR) is 103 cm³/mol. The van der Waals surface area contributed by atoms with Crippen molar-refractivity contribution >= 4 is 34.5 Å². The van der Waals surface area contributed by atoms with E-state index in [1.165, 1.54) is 24.7 Å². The number of hydrazone groups is 1. The molecule has 1 heterocycles. The van der Waals surface area contributed by atoms with Gasteiger partial charge in [0, 0.05) is 11.1 Å². The minimum Gasteiger partial charge on any atom is -0.496 e. The summed E-state index contributed by atoms with van der Waals surface area (Å²) in [6.07, 6.45) is 1.39. The number of anilines is 1. The van der Waals surface area contributed by atoms with Gasteiger partial charge in [-0.2, -0.15) is 5.10 Å². The largest absolute Gasteiger partial charge is 0.496 e. The number of ether oxygens (including phenoxy) is 1. The summed E-state index contributed by atoms with van der Waals surface area (Å²) < 4.78 is 5.17. The third-order valence-corrected chi connectivity index (χ3v) is 4.27. The van der Waals surface area contributed by atoms with Crippen molar-refractivity contribution < 1.29 is 14.3 Å². The Hall–Kier alpha value is -3.59. The van der Waals surface area contributed by atoms with Crippen LogP contribution < -0.4 is 15.5 Å². The van der Waals surface area contributed by atoms with Crippen LogP contribution in [0.3, 0.4) is 0 Å². The van der Waals surface area contributed by atoms with Crippen molar-refractivity contribution in [3.63, 3.8) is 0 Å². The van der Waals surface area contributed by atoms with Gasteiger partial charge in [-0.15, -0.1) is 10.2 Å². The van der Waals surface area contributed by atoms with Gasteiger partial charge in [-0.05, 0) is 12.1 Å². The molecular formula is C18H15N5O3S. The number of nitrogens with zero attached hydrogens (tertiary/aromatic N) is 3. The lowest BCUT2D eigenvalue weighted by Gasteiger charge is -2.03. The highest BCUT2D eigenvalue weighted by Crippen LogP contribution is 2.25. The zero-order chi connectivity index (χ0) is 19.1. The summed E-state index contributed by atoms with van der Waals surface area (Å²) in [6, 6.07) is 16.5. The molecule has 0 bridgehead atoms. The SMILES string of the molecule is COc1ccccc1C=NNC(=O)C(=O)Nc1nnc(-c2ccccc2)s1. The second kappa shape index (κ2) is 8.68. The molecule has 0 atom stereocenters. The number of rotatable bonds is 5. The Morgan fingerprint density at radius 1 is 1.04 bits per heavy atom. The Kier molecular flexibility index (Phi) is 5.85. The molecule has 0 saturated carbocycles. The van der Waals surface area contributed by atoms with Gasteiger partial charge in [-0.3, -0.25) is 14.9 Å². The topological polar surface area (TPSA) is 106 Å². The first-order valence-corrected chi connectivity index (χ1v) is 8.65. The number of carbonyl (C=O) groups excluding carboxylic acids is 2. The van der Waals surface area contributed by atoms with Gasteiger partial charge in [-0.1, -0.05) is 53.8 Å². The van der Waals surface area contributed by atoms with Crippen molar-refractivity contribution in [3.05, 3.63) is 60.2 Å². The second-order valence-corrected chi connectivity index (χ2v) is 6.15. The summed E-state index contributed by atoms with van der Waals surface area (Å²) in [6.45, 7) is 0. The van der Waals surface area contributed by atoms with E-state index in [4.69, 9.17) is 4.74 Å². The number of hydrogen-bond acceptors (Lipinski definition) is 7. The fourth-order valence-electron chi connectivity index (χ4n) is 2.11. The standard InChI is InChI=1S/C18H15N5O3S/c1-26-14-10-6-5-9-13(14)11-19-21-16(25)15(24)20-18-23-22-17(27-18)12-7-3-2-4-8-12/h2-11H,1H3,(H,21,25)(H,20,23,24). The Morgan fingerprint density at radius 2 is 1.78 bits per heavy atom. The number of hydrogen-bond donors (Lipinski definition) is 2. The average molecular weight is 381 g/mol. The monoisotopic (exact) mass is 381 g/mol. The van der Waals surface area contributed by atoms with Crippen LogP contribution in [0.4, 0.5) is 5.13 Å². The lowest BCUT2D eigenvalue weighted by atomic mass is 10.2. The van der Waals surface area contributed by atoms with Crippen molar-refractivity contribution in [1.29, 1.82) is 0 Å². The van der Waals surface area contributed by atoms with E-state index in [9.17, 15) is 9.59 Å². The molecule has 2 amide bonds. The van der Waals surface area contributed by atoms with Crippen molar-refractivity contribution in [3.8, 4) is 16.3 Å². The highest BCUT2D eigenvalue weighted by Gasteiger charge is 2.16. The molecule has 2 aromatic carbocycles. The molecule has 0 unspecified atom stereocenters. The van der Waals surface area contributed by atoms with Crippen LogP contribution in [0.25, 0.3) is 10.6 Å². The molecule has 0 aliphatic rings. The van der Waals surface area contributed by atoms with E-state index in [0.717, 1.165) is 5.56 Å². The molecule has 0 aliphatic heterocycles. The summed E-state index contributed by atoms with van der Waals surface area (Å²) in [5, 5.41) is 14.9. The normalized spacial score (nSPS) is 10.6. The minimum absolute atomic E-state index is 0.225.